The summed E-state index contributed by atoms with van der Waals surface area (Å²) in [6.07, 6.45) is 0.327. The van der Waals surface area contributed by atoms with E-state index < -0.39 is 0 Å². The fraction of sp³-hybridized carbons (Fsp3) is 0.300. The number of carbonyl (C=O) groups excluding carboxylic acids is 1. The van der Waals surface area contributed by atoms with Crippen LogP contribution in [0.25, 0.3) is 0 Å². The van der Waals surface area contributed by atoms with Crippen molar-refractivity contribution in [3.05, 3.63) is 59.2 Å². The average molecular weight is 338 g/mol. The van der Waals surface area contributed by atoms with Gasteiger partial charge in [0.05, 0.1) is 18.2 Å². The molecule has 0 N–H and O–H groups in total. The zero-order valence-corrected chi connectivity index (χ0v) is 15.2. The van der Waals surface area contributed by atoms with Crippen molar-refractivity contribution >= 4 is 23.4 Å². The molecule has 2 aromatic rings. The third kappa shape index (κ3) is 4.87. The topological polar surface area (TPSA) is 44.1 Å². The van der Waals surface area contributed by atoms with E-state index in [0.29, 0.717) is 18.7 Å². The summed E-state index contributed by atoms with van der Waals surface area (Å²) in [5.74, 6) is 0.389. The van der Waals surface area contributed by atoms with Gasteiger partial charge >= 0.3 is 0 Å². The SMILES string of the molecule is Cc1ccc(SCC(=O)N(CCC#N)c2ccc(C)c(C)c2)cc1. The van der Waals surface area contributed by atoms with Crippen LogP contribution in [-0.2, 0) is 4.79 Å². The number of hydrogen-bond donors (Lipinski definition) is 0. The molecule has 0 aliphatic carbocycles. The summed E-state index contributed by atoms with van der Waals surface area (Å²) in [6, 6.07) is 16.3. The van der Waals surface area contributed by atoms with E-state index >= 15 is 0 Å². The molecule has 0 spiro atoms. The van der Waals surface area contributed by atoms with Crippen molar-refractivity contribution in [2.24, 2.45) is 0 Å². The maximum atomic E-state index is 12.7. The largest absolute Gasteiger partial charge is 0.311 e. The molecule has 0 saturated carbocycles. The Bertz CT molecular complexity index is 747. The number of rotatable bonds is 6. The molecule has 0 aliphatic rings. The number of hydrogen-bond acceptors (Lipinski definition) is 3. The Kier molecular flexibility index (Phi) is 6.45. The Balaban J connectivity index is 2.11. The normalized spacial score (nSPS) is 10.2. The van der Waals surface area contributed by atoms with Gasteiger partial charge in [-0.05, 0) is 56.2 Å². The van der Waals surface area contributed by atoms with Gasteiger partial charge in [0.1, 0.15) is 0 Å². The van der Waals surface area contributed by atoms with Crippen LogP contribution < -0.4 is 4.90 Å². The highest BCUT2D eigenvalue weighted by atomic mass is 32.2. The molecule has 124 valence electrons. The molecular weight excluding hydrogens is 316 g/mol. The second kappa shape index (κ2) is 8.56. The van der Waals surface area contributed by atoms with Crippen molar-refractivity contribution in [1.29, 1.82) is 5.26 Å². The van der Waals surface area contributed by atoms with Crippen molar-refractivity contribution in [3.63, 3.8) is 0 Å². The first-order valence-corrected chi connectivity index (χ1v) is 8.94. The number of nitrogens with zero attached hydrogens (tertiary/aromatic N) is 2. The number of carbonyl (C=O) groups is 1. The highest BCUT2D eigenvalue weighted by Crippen LogP contribution is 2.23. The van der Waals surface area contributed by atoms with Gasteiger partial charge in [-0.2, -0.15) is 5.26 Å². The molecule has 0 radical (unpaired) electrons. The van der Waals surface area contributed by atoms with Crippen LogP contribution in [-0.4, -0.2) is 18.2 Å². The summed E-state index contributed by atoms with van der Waals surface area (Å²) in [5.41, 5.74) is 4.41. The Morgan fingerprint density at radius 1 is 1.08 bits per heavy atom. The van der Waals surface area contributed by atoms with Gasteiger partial charge in [0.2, 0.25) is 5.91 Å². The minimum absolute atomic E-state index is 0.0269. The molecule has 0 aliphatic heterocycles. The minimum atomic E-state index is 0.0269. The Morgan fingerprint density at radius 3 is 2.42 bits per heavy atom. The van der Waals surface area contributed by atoms with Crippen LogP contribution in [0.5, 0.6) is 0 Å². The lowest BCUT2D eigenvalue weighted by Gasteiger charge is -2.22. The van der Waals surface area contributed by atoms with E-state index in [0.717, 1.165) is 16.1 Å². The summed E-state index contributed by atoms with van der Waals surface area (Å²) < 4.78 is 0. The Morgan fingerprint density at radius 2 is 1.79 bits per heavy atom. The number of amides is 1. The first kappa shape index (κ1) is 18.1. The molecule has 0 unspecified atom stereocenters. The summed E-state index contributed by atoms with van der Waals surface area (Å²) in [6.45, 7) is 6.55. The maximum Gasteiger partial charge on any atom is 0.237 e. The number of benzene rings is 2. The molecule has 0 fully saturated rings. The number of thioether (sulfide) groups is 1. The van der Waals surface area contributed by atoms with Crippen LogP contribution in [0, 0.1) is 32.1 Å². The summed E-state index contributed by atoms with van der Waals surface area (Å²) in [5, 5.41) is 8.88. The van der Waals surface area contributed by atoms with Crippen LogP contribution in [0.3, 0.4) is 0 Å². The van der Waals surface area contributed by atoms with Crippen LogP contribution in [0.2, 0.25) is 0 Å². The van der Waals surface area contributed by atoms with E-state index in [1.165, 1.54) is 22.9 Å². The standard InChI is InChI=1S/C20H22N2OS/c1-15-5-9-19(10-6-15)24-14-20(23)22(12-4-11-21)18-8-7-16(2)17(3)13-18/h5-10,13H,4,12,14H2,1-3H3. The predicted molar refractivity (Wildman–Crippen MR) is 100 cm³/mol. The third-order valence-corrected chi connectivity index (χ3v) is 4.93. The van der Waals surface area contributed by atoms with Crippen LogP contribution >= 0.6 is 11.8 Å². The van der Waals surface area contributed by atoms with E-state index in [1.54, 1.807) is 4.90 Å². The summed E-state index contributed by atoms with van der Waals surface area (Å²) >= 11 is 1.53. The molecule has 2 aromatic carbocycles. The first-order valence-electron chi connectivity index (χ1n) is 7.95. The van der Waals surface area contributed by atoms with Crippen LogP contribution in [0.15, 0.2) is 47.4 Å². The van der Waals surface area contributed by atoms with Crippen molar-refractivity contribution in [2.45, 2.75) is 32.1 Å². The van der Waals surface area contributed by atoms with Crippen LogP contribution in [0.4, 0.5) is 5.69 Å². The van der Waals surface area contributed by atoms with E-state index in [-0.39, 0.29) is 5.91 Å². The van der Waals surface area contributed by atoms with Gasteiger partial charge in [-0.15, -0.1) is 11.8 Å². The molecule has 2 rings (SSSR count). The quantitative estimate of drug-likeness (QED) is 0.720. The lowest BCUT2D eigenvalue weighted by Crippen LogP contribution is -2.33. The molecule has 0 aromatic heterocycles. The smallest absolute Gasteiger partial charge is 0.237 e. The van der Waals surface area contributed by atoms with Crippen molar-refractivity contribution in [2.75, 3.05) is 17.2 Å². The fourth-order valence-corrected chi connectivity index (χ4v) is 3.09. The molecule has 0 heterocycles. The van der Waals surface area contributed by atoms with Crippen molar-refractivity contribution in [3.8, 4) is 6.07 Å². The first-order chi connectivity index (χ1) is 11.5. The summed E-state index contributed by atoms with van der Waals surface area (Å²) in [7, 11) is 0. The van der Waals surface area contributed by atoms with E-state index in [1.807, 2.05) is 63.2 Å². The minimum Gasteiger partial charge on any atom is -0.311 e. The highest BCUT2D eigenvalue weighted by Gasteiger charge is 2.16. The van der Waals surface area contributed by atoms with Gasteiger partial charge in [0.15, 0.2) is 0 Å². The van der Waals surface area contributed by atoms with Crippen molar-refractivity contribution < 1.29 is 4.79 Å². The van der Waals surface area contributed by atoms with E-state index in [4.69, 9.17) is 5.26 Å². The van der Waals surface area contributed by atoms with Gasteiger partial charge in [-0.25, -0.2) is 0 Å². The third-order valence-electron chi connectivity index (χ3n) is 3.93. The van der Waals surface area contributed by atoms with Gasteiger partial charge in [-0.1, -0.05) is 23.8 Å². The molecule has 1 amide bonds. The second-order valence-electron chi connectivity index (χ2n) is 5.82. The summed E-state index contributed by atoms with van der Waals surface area (Å²) in [4.78, 5) is 15.5. The lowest BCUT2D eigenvalue weighted by atomic mass is 10.1. The highest BCUT2D eigenvalue weighted by molar-refractivity contribution is 8.00. The Labute approximate surface area is 148 Å². The van der Waals surface area contributed by atoms with Gasteiger partial charge in [-0.3, -0.25) is 4.79 Å². The van der Waals surface area contributed by atoms with Crippen LogP contribution in [0.1, 0.15) is 23.1 Å². The number of anilines is 1. The maximum absolute atomic E-state index is 12.7. The zero-order valence-electron chi connectivity index (χ0n) is 14.4. The average Bonchev–Trinajstić information content (AvgIpc) is 2.57. The monoisotopic (exact) mass is 338 g/mol. The predicted octanol–water partition coefficient (Wildman–Crippen LogP) is 4.65. The van der Waals surface area contributed by atoms with Gasteiger partial charge < -0.3 is 4.90 Å². The lowest BCUT2D eigenvalue weighted by molar-refractivity contribution is -0.116. The van der Waals surface area contributed by atoms with E-state index in [2.05, 4.69) is 6.07 Å². The molecule has 0 atom stereocenters. The second-order valence-corrected chi connectivity index (χ2v) is 6.87. The molecule has 3 nitrogen and oxygen atoms in total. The van der Waals surface area contributed by atoms with Gasteiger partial charge in [0.25, 0.3) is 0 Å². The molecule has 0 bridgehead atoms. The molecule has 0 saturated heterocycles. The van der Waals surface area contributed by atoms with E-state index in [9.17, 15) is 4.79 Å². The molecule has 4 heteroatoms. The fourth-order valence-electron chi connectivity index (χ4n) is 2.31. The van der Waals surface area contributed by atoms with Crippen molar-refractivity contribution in [1.82, 2.24) is 0 Å². The molecule has 24 heavy (non-hydrogen) atoms. The molecular formula is C20H22N2OS. The zero-order chi connectivity index (χ0) is 17.5. The number of aryl methyl sites for hydroxylation is 3. The van der Waals surface area contributed by atoms with Gasteiger partial charge in [0, 0.05) is 17.1 Å². The Hall–Kier alpha value is -2.25. The number of nitriles is 1.